The Kier molecular flexibility index (Phi) is 8.36. The minimum Gasteiger partial charge on any atom is -0.492 e. The van der Waals surface area contributed by atoms with E-state index >= 15 is 0 Å². The van der Waals surface area contributed by atoms with Crippen LogP contribution in [0.1, 0.15) is 19.3 Å². The molecular formula is C25H30F4N2O6S. The Balaban J connectivity index is 1.74. The highest BCUT2D eigenvalue weighted by Gasteiger charge is 2.46. The second kappa shape index (κ2) is 11.1. The number of hydrogen-bond acceptors (Lipinski definition) is 7. The number of rotatable bonds is 3. The maximum Gasteiger partial charge on any atom is 0.390 e. The van der Waals surface area contributed by atoms with E-state index in [1.807, 2.05) is 0 Å². The third-order valence-electron chi connectivity index (χ3n) is 6.93. The fourth-order valence-electron chi connectivity index (χ4n) is 5.11. The number of β-amino-alcohol motifs (C(OH)–C–C–N with tert-alkyl or cyclic N) is 1. The van der Waals surface area contributed by atoms with Crippen LogP contribution in [0.25, 0.3) is 11.1 Å². The molecule has 1 heterocycles. The minimum absolute atomic E-state index is 0.0138. The molecule has 0 amide bonds. The predicted molar refractivity (Wildman–Crippen MR) is 129 cm³/mol. The first-order valence-corrected chi connectivity index (χ1v) is 13.6. The van der Waals surface area contributed by atoms with Crippen molar-refractivity contribution in [2.45, 2.75) is 48.6 Å². The maximum atomic E-state index is 14.5. The summed E-state index contributed by atoms with van der Waals surface area (Å²) in [6.45, 7) is -1.52. The van der Waals surface area contributed by atoms with Crippen molar-refractivity contribution in [3.05, 3.63) is 48.3 Å². The SMILES string of the molecule is O=S1(=O)NC[C@H](O)CN(CCC(F)(F)F)CC2(COc3cc(-c4ccccc4F)ccc31)C[C@@H](O)[C@@H](O)C2. The van der Waals surface area contributed by atoms with Crippen molar-refractivity contribution >= 4 is 10.0 Å². The van der Waals surface area contributed by atoms with Gasteiger partial charge in [-0.1, -0.05) is 24.3 Å². The van der Waals surface area contributed by atoms with Crippen LogP contribution in [0.15, 0.2) is 47.4 Å². The molecule has 1 aliphatic heterocycles. The Bertz CT molecular complexity index is 1230. The highest BCUT2D eigenvalue weighted by Crippen LogP contribution is 2.41. The van der Waals surface area contributed by atoms with Crippen molar-refractivity contribution in [3.8, 4) is 16.9 Å². The van der Waals surface area contributed by atoms with Crippen LogP contribution >= 0.6 is 0 Å². The summed E-state index contributed by atoms with van der Waals surface area (Å²) in [7, 11) is -4.25. The molecule has 1 saturated carbocycles. The average Bonchev–Trinajstić information content (AvgIpc) is 3.12. The fraction of sp³-hybridized carbons (Fsp3) is 0.520. The molecule has 1 aliphatic carbocycles. The Labute approximate surface area is 217 Å². The molecule has 4 rings (SSSR count). The number of halogens is 4. The average molecular weight is 563 g/mol. The quantitative estimate of drug-likeness (QED) is 0.424. The predicted octanol–water partition coefficient (Wildman–Crippen LogP) is 2.28. The molecule has 4 N–H and O–H groups in total. The maximum absolute atomic E-state index is 14.5. The molecule has 1 fully saturated rings. The molecule has 13 heteroatoms. The van der Waals surface area contributed by atoms with Crippen LogP contribution < -0.4 is 9.46 Å². The number of alkyl halides is 3. The smallest absolute Gasteiger partial charge is 0.390 e. The minimum atomic E-state index is -4.46. The van der Waals surface area contributed by atoms with Gasteiger partial charge in [-0.25, -0.2) is 17.5 Å². The zero-order valence-corrected chi connectivity index (χ0v) is 21.2. The first-order valence-electron chi connectivity index (χ1n) is 12.1. The van der Waals surface area contributed by atoms with E-state index in [-0.39, 0.29) is 48.7 Å². The summed E-state index contributed by atoms with van der Waals surface area (Å²) in [6, 6.07) is 9.91. The van der Waals surface area contributed by atoms with Crippen LogP contribution in [-0.2, 0) is 10.0 Å². The summed E-state index contributed by atoms with van der Waals surface area (Å²) in [5, 5.41) is 31.1. The number of ether oxygens (including phenoxy) is 1. The molecule has 2 aromatic rings. The van der Waals surface area contributed by atoms with E-state index in [1.165, 1.54) is 41.3 Å². The molecule has 0 aromatic heterocycles. The van der Waals surface area contributed by atoms with Crippen molar-refractivity contribution in [1.82, 2.24) is 9.62 Å². The molecule has 2 aromatic carbocycles. The fourth-order valence-corrected chi connectivity index (χ4v) is 6.31. The van der Waals surface area contributed by atoms with Crippen molar-refractivity contribution in [2.24, 2.45) is 5.41 Å². The number of sulfonamides is 1. The number of nitrogens with zero attached hydrogens (tertiary/aromatic N) is 1. The monoisotopic (exact) mass is 562 g/mol. The lowest BCUT2D eigenvalue weighted by atomic mass is 9.85. The van der Waals surface area contributed by atoms with Gasteiger partial charge in [-0.05, 0) is 36.6 Å². The number of aliphatic hydroxyl groups is 3. The summed E-state index contributed by atoms with van der Waals surface area (Å²) >= 11 is 0. The summed E-state index contributed by atoms with van der Waals surface area (Å²) in [5.41, 5.74) is -0.520. The standard InChI is InChI=1S/C25H30F4N2O6S/c26-19-4-2-1-3-18(19)16-5-6-23-22(9-16)37-15-24(10-20(33)21(34)11-24)14-31(8-7-25(27,28)29)13-17(32)12-30-38(23,35)36/h1-6,9,17,20-21,30,32-34H,7-8,10-15H2/t17-,20-,21+,24?/m0/s1. The van der Waals surface area contributed by atoms with E-state index in [1.54, 1.807) is 6.07 Å². The number of benzene rings is 2. The summed E-state index contributed by atoms with van der Waals surface area (Å²) < 4.78 is 87.9. The van der Waals surface area contributed by atoms with Gasteiger partial charge in [0, 0.05) is 37.2 Å². The first-order chi connectivity index (χ1) is 17.8. The largest absolute Gasteiger partial charge is 0.492 e. The van der Waals surface area contributed by atoms with Gasteiger partial charge in [-0.3, -0.25) is 4.90 Å². The van der Waals surface area contributed by atoms with Crippen LogP contribution in [0.3, 0.4) is 0 Å². The summed E-state index contributed by atoms with van der Waals surface area (Å²) in [4.78, 5) is 1.08. The van der Waals surface area contributed by atoms with Crippen molar-refractivity contribution in [1.29, 1.82) is 0 Å². The summed E-state index contributed by atoms with van der Waals surface area (Å²) in [6.07, 6.45) is -9.31. The lowest BCUT2D eigenvalue weighted by molar-refractivity contribution is -0.139. The molecule has 0 radical (unpaired) electrons. The Morgan fingerprint density at radius 3 is 2.42 bits per heavy atom. The number of aliphatic hydroxyl groups excluding tert-OH is 3. The van der Waals surface area contributed by atoms with Gasteiger partial charge in [-0.15, -0.1) is 0 Å². The summed E-state index contributed by atoms with van der Waals surface area (Å²) in [5.74, 6) is -0.672. The zero-order valence-electron chi connectivity index (χ0n) is 20.4. The Hall–Kier alpha value is -2.29. The molecular weight excluding hydrogens is 532 g/mol. The van der Waals surface area contributed by atoms with E-state index in [4.69, 9.17) is 4.74 Å². The molecule has 1 unspecified atom stereocenters. The normalized spacial score (nSPS) is 28.8. The van der Waals surface area contributed by atoms with Gasteiger partial charge in [-0.2, -0.15) is 13.2 Å². The molecule has 0 saturated heterocycles. The van der Waals surface area contributed by atoms with Crippen LogP contribution in [0.4, 0.5) is 17.6 Å². The van der Waals surface area contributed by atoms with Gasteiger partial charge in [0.1, 0.15) is 16.5 Å². The highest BCUT2D eigenvalue weighted by atomic mass is 32.2. The van der Waals surface area contributed by atoms with E-state index in [9.17, 15) is 41.3 Å². The van der Waals surface area contributed by atoms with Gasteiger partial charge in [0.25, 0.3) is 0 Å². The molecule has 38 heavy (non-hydrogen) atoms. The third-order valence-corrected chi connectivity index (χ3v) is 8.39. The van der Waals surface area contributed by atoms with E-state index in [0.717, 1.165) is 0 Å². The molecule has 1 spiro atoms. The molecule has 210 valence electrons. The number of hydrogen-bond donors (Lipinski definition) is 4. The van der Waals surface area contributed by atoms with Crippen molar-refractivity contribution < 1.29 is 46.0 Å². The molecule has 8 nitrogen and oxygen atoms in total. The highest BCUT2D eigenvalue weighted by molar-refractivity contribution is 7.89. The molecule has 2 aliphatic rings. The first kappa shape index (κ1) is 28.7. The second-order valence-electron chi connectivity index (χ2n) is 10.1. The number of nitrogens with one attached hydrogen (secondary N) is 1. The van der Waals surface area contributed by atoms with Crippen molar-refractivity contribution in [3.63, 3.8) is 0 Å². The van der Waals surface area contributed by atoms with E-state index in [2.05, 4.69) is 4.72 Å². The van der Waals surface area contributed by atoms with Crippen LogP contribution in [0.5, 0.6) is 5.75 Å². The van der Waals surface area contributed by atoms with Gasteiger partial charge in [0.05, 0.1) is 31.3 Å². The molecule has 0 bridgehead atoms. The van der Waals surface area contributed by atoms with E-state index < -0.39 is 65.3 Å². The number of fused-ring (bicyclic) bond motifs is 1. The zero-order chi connectivity index (χ0) is 27.7. The third kappa shape index (κ3) is 6.82. The topological polar surface area (TPSA) is 119 Å². The van der Waals surface area contributed by atoms with Crippen LogP contribution in [0.2, 0.25) is 0 Å². The van der Waals surface area contributed by atoms with E-state index in [0.29, 0.717) is 5.56 Å². The van der Waals surface area contributed by atoms with Crippen LogP contribution in [-0.4, -0.2) is 85.9 Å². The molecule has 4 atom stereocenters. The van der Waals surface area contributed by atoms with Crippen LogP contribution in [0, 0.1) is 11.2 Å². The second-order valence-corrected chi connectivity index (χ2v) is 11.8. The Morgan fingerprint density at radius 1 is 1.08 bits per heavy atom. The Morgan fingerprint density at radius 2 is 1.76 bits per heavy atom. The van der Waals surface area contributed by atoms with Gasteiger partial charge in [0.2, 0.25) is 10.0 Å². The lowest BCUT2D eigenvalue weighted by Crippen LogP contribution is -2.47. The van der Waals surface area contributed by atoms with Gasteiger partial charge >= 0.3 is 6.18 Å². The van der Waals surface area contributed by atoms with Crippen molar-refractivity contribution in [2.75, 3.05) is 32.8 Å². The lowest BCUT2D eigenvalue weighted by Gasteiger charge is -2.37. The van der Waals surface area contributed by atoms with Gasteiger partial charge in [0.15, 0.2) is 0 Å². The van der Waals surface area contributed by atoms with Gasteiger partial charge < -0.3 is 20.1 Å².